The molecule has 3 nitrogen and oxygen atoms in total. The monoisotopic (exact) mass is 208 g/mol. The fraction of sp³-hybridized carbons (Fsp3) is 0.100. The van der Waals surface area contributed by atoms with Gasteiger partial charge in [0.2, 0.25) is 0 Å². The second-order valence-corrected chi connectivity index (χ2v) is 2.90. The summed E-state index contributed by atoms with van der Waals surface area (Å²) in [6.45, 7) is 0. The minimum Gasteiger partial charge on any atom is -0.299 e. The van der Waals surface area contributed by atoms with E-state index < -0.39 is 0 Å². The largest absolute Gasteiger partial charge is 0.299 e. The lowest BCUT2D eigenvalue weighted by atomic mass is 10.2. The third kappa shape index (κ3) is 2.78. The Bertz CT molecular complexity index is 368. The van der Waals surface area contributed by atoms with E-state index in [-0.39, 0.29) is 0 Å². The second kappa shape index (κ2) is 5.29. The molecule has 0 atom stereocenters. The summed E-state index contributed by atoms with van der Waals surface area (Å²) < 4.78 is 0. The maximum Gasteiger partial charge on any atom is 0.142 e. The fourth-order valence-electron chi connectivity index (χ4n) is 0.932. The van der Waals surface area contributed by atoms with Gasteiger partial charge in [0, 0.05) is 13.2 Å². The van der Waals surface area contributed by atoms with Crippen molar-refractivity contribution in [2.75, 3.05) is 7.05 Å². The standard InChI is InChI=1S/C10H9ClN2O/c1-12-9(3-2-6-14)10-5-4-8(11)7-13-10/h2-7H,1H3/b3-2-,12-9+. The minimum atomic E-state index is 0.573. The summed E-state index contributed by atoms with van der Waals surface area (Å²) >= 11 is 5.69. The predicted octanol–water partition coefficient (Wildman–Crippen LogP) is 1.91. The molecule has 4 heteroatoms. The van der Waals surface area contributed by atoms with Crippen molar-refractivity contribution in [1.82, 2.24) is 4.98 Å². The number of hydrogen-bond donors (Lipinski definition) is 0. The van der Waals surface area contributed by atoms with Crippen LogP contribution < -0.4 is 0 Å². The molecule has 0 N–H and O–H groups in total. The van der Waals surface area contributed by atoms with E-state index in [0.717, 1.165) is 0 Å². The molecule has 0 fully saturated rings. The average Bonchev–Trinajstić information content (AvgIpc) is 2.21. The van der Waals surface area contributed by atoms with Gasteiger partial charge in [0.15, 0.2) is 0 Å². The Morgan fingerprint density at radius 1 is 1.57 bits per heavy atom. The van der Waals surface area contributed by atoms with Crippen LogP contribution in [0.25, 0.3) is 0 Å². The summed E-state index contributed by atoms with van der Waals surface area (Å²) in [6, 6.07) is 3.48. The van der Waals surface area contributed by atoms with E-state index in [2.05, 4.69) is 9.98 Å². The fourth-order valence-corrected chi connectivity index (χ4v) is 1.04. The van der Waals surface area contributed by atoms with Crippen LogP contribution in [0.1, 0.15) is 5.69 Å². The summed E-state index contributed by atoms with van der Waals surface area (Å²) in [5.74, 6) is 0. The van der Waals surface area contributed by atoms with E-state index in [0.29, 0.717) is 22.7 Å². The zero-order valence-corrected chi connectivity index (χ0v) is 8.40. The van der Waals surface area contributed by atoms with Crippen LogP contribution in [0, 0.1) is 0 Å². The lowest BCUT2D eigenvalue weighted by molar-refractivity contribution is -0.104. The van der Waals surface area contributed by atoms with E-state index in [4.69, 9.17) is 11.6 Å². The quantitative estimate of drug-likeness (QED) is 0.433. The van der Waals surface area contributed by atoms with Gasteiger partial charge in [-0.2, -0.15) is 0 Å². The molecule has 0 amide bonds. The van der Waals surface area contributed by atoms with E-state index in [9.17, 15) is 4.79 Å². The molecule has 1 aromatic heterocycles. The van der Waals surface area contributed by atoms with Crippen molar-refractivity contribution in [3.05, 3.63) is 41.2 Å². The van der Waals surface area contributed by atoms with Crippen molar-refractivity contribution in [1.29, 1.82) is 0 Å². The van der Waals surface area contributed by atoms with Crippen molar-refractivity contribution in [3.8, 4) is 0 Å². The maximum atomic E-state index is 10.1. The maximum absolute atomic E-state index is 10.1. The van der Waals surface area contributed by atoms with Crippen LogP contribution >= 0.6 is 11.6 Å². The SMILES string of the molecule is C/N=C(\C=C/C=O)c1ccc(Cl)cn1. The van der Waals surface area contributed by atoms with Gasteiger partial charge in [0.05, 0.1) is 16.4 Å². The Morgan fingerprint density at radius 2 is 2.36 bits per heavy atom. The summed E-state index contributed by atoms with van der Waals surface area (Å²) in [4.78, 5) is 18.2. The molecule has 0 spiro atoms. The van der Waals surface area contributed by atoms with Gasteiger partial charge in [-0.25, -0.2) is 0 Å². The second-order valence-electron chi connectivity index (χ2n) is 2.47. The number of carbonyl (C=O) groups excluding carboxylic acids is 1. The number of aromatic nitrogens is 1. The summed E-state index contributed by atoms with van der Waals surface area (Å²) in [5.41, 5.74) is 1.34. The summed E-state index contributed by atoms with van der Waals surface area (Å²) in [7, 11) is 1.64. The lowest BCUT2D eigenvalue weighted by Crippen LogP contribution is -1.99. The number of pyridine rings is 1. The molecule has 0 saturated carbocycles. The summed E-state index contributed by atoms with van der Waals surface area (Å²) in [6.07, 6.45) is 5.21. The molecule has 72 valence electrons. The number of nitrogens with zero attached hydrogens (tertiary/aromatic N) is 2. The highest BCUT2D eigenvalue weighted by atomic mass is 35.5. The predicted molar refractivity (Wildman–Crippen MR) is 56.9 cm³/mol. The van der Waals surface area contributed by atoms with Gasteiger partial charge in [-0.1, -0.05) is 11.6 Å². The van der Waals surface area contributed by atoms with E-state index in [1.165, 1.54) is 12.3 Å². The molecular weight excluding hydrogens is 200 g/mol. The number of carbonyl (C=O) groups is 1. The molecule has 1 rings (SSSR count). The first-order chi connectivity index (χ1) is 6.77. The van der Waals surface area contributed by atoms with Crippen molar-refractivity contribution in [3.63, 3.8) is 0 Å². The highest BCUT2D eigenvalue weighted by Gasteiger charge is 1.99. The highest BCUT2D eigenvalue weighted by Crippen LogP contribution is 2.07. The molecule has 0 unspecified atom stereocenters. The molecule has 0 radical (unpaired) electrons. The topological polar surface area (TPSA) is 42.3 Å². The molecule has 0 aliphatic carbocycles. The van der Waals surface area contributed by atoms with Crippen LogP contribution in [0.3, 0.4) is 0 Å². The van der Waals surface area contributed by atoms with Crippen LogP contribution in [0.4, 0.5) is 0 Å². The van der Waals surface area contributed by atoms with Crippen molar-refractivity contribution < 1.29 is 4.79 Å². The third-order valence-corrected chi connectivity index (χ3v) is 1.79. The third-order valence-electron chi connectivity index (χ3n) is 1.56. The molecule has 0 saturated heterocycles. The number of aldehydes is 1. The zero-order chi connectivity index (χ0) is 10.4. The van der Waals surface area contributed by atoms with Gasteiger partial charge in [-0.05, 0) is 24.3 Å². The zero-order valence-electron chi connectivity index (χ0n) is 7.64. The average molecular weight is 209 g/mol. The van der Waals surface area contributed by atoms with Gasteiger partial charge in [-0.3, -0.25) is 14.8 Å². The number of hydrogen-bond acceptors (Lipinski definition) is 3. The number of rotatable bonds is 3. The van der Waals surface area contributed by atoms with Crippen LogP contribution in [-0.2, 0) is 4.79 Å². The first-order valence-corrected chi connectivity index (χ1v) is 4.36. The summed E-state index contributed by atoms with van der Waals surface area (Å²) in [5, 5.41) is 0.573. The Kier molecular flexibility index (Phi) is 4.01. The Labute approximate surface area is 87.1 Å². The van der Waals surface area contributed by atoms with Crippen molar-refractivity contribution in [2.45, 2.75) is 0 Å². The first-order valence-electron chi connectivity index (χ1n) is 3.98. The Balaban J connectivity index is 2.96. The molecule has 0 aliphatic rings. The van der Waals surface area contributed by atoms with E-state index in [1.54, 1.807) is 25.3 Å². The molecular formula is C10H9ClN2O. The van der Waals surface area contributed by atoms with E-state index in [1.807, 2.05) is 0 Å². The van der Waals surface area contributed by atoms with Crippen LogP contribution in [0.15, 0.2) is 35.5 Å². The van der Waals surface area contributed by atoms with Gasteiger partial charge in [0.25, 0.3) is 0 Å². The van der Waals surface area contributed by atoms with Crippen LogP contribution in [-0.4, -0.2) is 24.0 Å². The Hall–Kier alpha value is -1.48. The normalized spacial score (nSPS) is 12.0. The molecule has 1 heterocycles. The van der Waals surface area contributed by atoms with Crippen molar-refractivity contribution in [2.24, 2.45) is 4.99 Å². The molecule has 1 aromatic rings. The number of aliphatic imine (C=N–C) groups is 1. The molecule has 14 heavy (non-hydrogen) atoms. The smallest absolute Gasteiger partial charge is 0.142 e. The highest BCUT2D eigenvalue weighted by molar-refractivity contribution is 6.30. The molecule has 0 aromatic carbocycles. The number of halogens is 1. The molecule has 0 aliphatic heterocycles. The van der Waals surface area contributed by atoms with Gasteiger partial charge in [-0.15, -0.1) is 0 Å². The van der Waals surface area contributed by atoms with Gasteiger partial charge >= 0.3 is 0 Å². The molecule has 0 bridgehead atoms. The minimum absolute atomic E-state index is 0.573. The first kappa shape index (κ1) is 10.6. The Morgan fingerprint density at radius 3 is 2.86 bits per heavy atom. The number of allylic oxidation sites excluding steroid dienone is 2. The lowest BCUT2D eigenvalue weighted by Gasteiger charge is -1.98. The van der Waals surface area contributed by atoms with Gasteiger partial charge in [0.1, 0.15) is 6.29 Å². The van der Waals surface area contributed by atoms with Gasteiger partial charge < -0.3 is 0 Å². The van der Waals surface area contributed by atoms with Crippen LogP contribution in [0.5, 0.6) is 0 Å². The van der Waals surface area contributed by atoms with Crippen LogP contribution in [0.2, 0.25) is 5.02 Å². The van der Waals surface area contributed by atoms with E-state index >= 15 is 0 Å². The van der Waals surface area contributed by atoms with Crippen molar-refractivity contribution >= 4 is 23.6 Å².